The van der Waals surface area contributed by atoms with Crippen LogP contribution in [-0.2, 0) is 0 Å². The van der Waals surface area contributed by atoms with Crippen LogP contribution in [0.25, 0.3) is 0 Å². The number of carbonyl (C=O) groups excluding carboxylic acids is 1. The Morgan fingerprint density at radius 3 is 2.75 bits per heavy atom. The fourth-order valence-corrected chi connectivity index (χ4v) is 1.23. The van der Waals surface area contributed by atoms with Gasteiger partial charge >= 0.3 is 0 Å². The molecular weight excluding hydrogens is 228 g/mol. The molecule has 0 fully saturated rings. The molecule has 1 aromatic carbocycles. The van der Waals surface area contributed by atoms with Crippen LogP contribution in [-0.4, -0.2) is 24.6 Å². The predicted octanol–water partition coefficient (Wildman–Crippen LogP) is 2.13. The lowest BCUT2D eigenvalue weighted by Gasteiger charge is -2.06. The molecule has 16 heavy (non-hydrogen) atoms. The molecule has 0 unspecified atom stereocenters. The molecule has 0 aromatic heterocycles. The van der Waals surface area contributed by atoms with Gasteiger partial charge in [0, 0.05) is 5.56 Å². The molecule has 0 bridgehead atoms. The van der Waals surface area contributed by atoms with Gasteiger partial charge in [-0.25, -0.2) is 4.99 Å². The molecule has 4 nitrogen and oxygen atoms in total. The molecule has 0 radical (unpaired) electrons. The molecule has 0 aliphatic rings. The van der Waals surface area contributed by atoms with Gasteiger partial charge in [0.15, 0.2) is 5.78 Å². The maximum absolute atomic E-state index is 11.2. The van der Waals surface area contributed by atoms with Crippen molar-refractivity contribution in [2.24, 2.45) is 10.7 Å². The van der Waals surface area contributed by atoms with Crippen LogP contribution < -0.4 is 10.5 Å². The molecule has 0 saturated carbocycles. The van der Waals surface area contributed by atoms with E-state index in [9.17, 15) is 4.79 Å². The summed E-state index contributed by atoms with van der Waals surface area (Å²) in [5.41, 5.74) is 6.65. The van der Waals surface area contributed by atoms with Crippen LogP contribution in [0.2, 0.25) is 0 Å². The first-order chi connectivity index (χ1) is 7.58. The maximum atomic E-state index is 11.2. The van der Waals surface area contributed by atoms with Crippen LogP contribution in [0, 0.1) is 0 Å². The van der Waals surface area contributed by atoms with E-state index in [1.807, 2.05) is 0 Å². The minimum Gasteiger partial charge on any atom is -0.494 e. The second kappa shape index (κ2) is 5.51. The van der Waals surface area contributed by atoms with E-state index in [0.717, 1.165) is 0 Å². The van der Waals surface area contributed by atoms with Gasteiger partial charge in [0.05, 0.1) is 13.0 Å². The van der Waals surface area contributed by atoms with Crippen LogP contribution in [0.4, 0.5) is 5.69 Å². The quantitative estimate of drug-likeness (QED) is 0.380. The molecule has 1 rings (SSSR count). The van der Waals surface area contributed by atoms with E-state index < -0.39 is 0 Å². The lowest BCUT2D eigenvalue weighted by molar-refractivity contribution is 0.101. The molecule has 0 aliphatic carbocycles. The number of amidine groups is 1. The van der Waals surface area contributed by atoms with Crippen molar-refractivity contribution >= 4 is 28.9 Å². The summed E-state index contributed by atoms with van der Waals surface area (Å²) in [7, 11) is 1.51. The highest BCUT2D eigenvalue weighted by molar-refractivity contribution is 6.28. The van der Waals surface area contributed by atoms with Gasteiger partial charge in [-0.15, -0.1) is 11.6 Å². The zero-order valence-corrected chi connectivity index (χ0v) is 9.91. The average Bonchev–Trinajstić information content (AvgIpc) is 2.29. The maximum Gasteiger partial charge on any atom is 0.159 e. The second-order valence-electron chi connectivity index (χ2n) is 3.18. The van der Waals surface area contributed by atoms with E-state index in [4.69, 9.17) is 22.1 Å². The molecule has 0 atom stereocenters. The highest BCUT2D eigenvalue weighted by Crippen LogP contribution is 2.28. The van der Waals surface area contributed by atoms with Crippen molar-refractivity contribution in [2.75, 3.05) is 13.0 Å². The highest BCUT2D eigenvalue weighted by Gasteiger charge is 2.06. The van der Waals surface area contributed by atoms with E-state index >= 15 is 0 Å². The Morgan fingerprint density at radius 1 is 1.56 bits per heavy atom. The van der Waals surface area contributed by atoms with Crippen molar-refractivity contribution < 1.29 is 9.53 Å². The summed E-state index contributed by atoms with van der Waals surface area (Å²) in [4.78, 5) is 15.2. The Labute approximate surface area is 99.1 Å². The van der Waals surface area contributed by atoms with Crippen molar-refractivity contribution in [3.8, 4) is 5.75 Å². The number of methoxy groups -OCH3 is 1. The first kappa shape index (κ1) is 12.5. The number of alkyl halides is 1. The van der Waals surface area contributed by atoms with Crippen molar-refractivity contribution in [3.63, 3.8) is 0 Å². The standard InChI is InChI=1S/C11H13ClN2O2/c1-7(15)8-3-4-9(10(5-8)16-2)14-11(13)6-12/h3-5H,6H2,1-2H3,(H2,13,14). The topological polar surface area (TPSA) is 64.7 Å². The number of ketones is 1. The number of ether oxygens (including phenoxy) is 1. The van der Waals surface area contributed by atoms with Crippen LogP contribution in [0.5, 0.6) is 5.75 Å². The third-order valence-electron chi connectivity index (χ3n) is 1.99. The summed E-state index contributed by atoms with van der Waals surface area (Å²) in [5.74, 6) is 0.924. The van der Waals surface area contributed by atoms with Gasteiger partial charge < -0.3 is 10.5 Å². The van der Waals surface area contributed by atoms with Gasteiger partial charge in [-0.1, -0.05) is 0 Å². The summed E-state index contributed by atoms with van der Waals surface area (Å²) in [6.45, 7) is 1.49. The minimum atomic E-state index is -0.0286. The molecule has 0 amide bonds. The van der Waals surface area contributed by atoms with Crippen LogP contribution in [0.3, 0.4) is 0 Å². The number of hydrogen-bond acceptors (Lipinski definition) is 3. The minimum absolute atomic E-state index is 0.0286. The number of Topliss-reactive ketones (excluding diaryl/α,β-unsaturated/α-hetero) is 1. The predicted molar refractivity (Wildman–Crippen MR) is 65.0 cm³/mol. The number of aliphatic imine (C=N–C) groups is 1. The highest BCUT2D eigenvalue weighted by atomic mass is 35.5. The summed E-state index contributed by atoms with van der Waals surface area (Å²) in [6.07, 6.45) is 0. The van der Waals surface area contributed by atoms with Gasteiger partial charge in [0.2, 0.25) is 0 Å². The largest absolute Gasteiger partial charge is 0.494 e. The second-order valence-corrected chi connectivity index (χ2v) is 3.45. The van der Waals surface area contributed by atoms with E-state index in [-0.39, 0.29) is 11.7 Å². The Kier molecular flexibility index (Phi) is 4.31. The van der Waals surface area contributed by atoms with Gasteiger partial charge in [0.25, 0.3) is 0 Å². The van der Waals surface area contributed by atoms with E-state index in [1.165, 1.54) is 14.0 Å². The fourth-order valence-electron chi connectivity index (χ4n) is 1.17. The first-order valence-electron chi connectivity index (χ1n) is 4.66. The Balaban J connectivity index is 3.17. The zero-order valence-electron chi connectivity index (χ0n) is 9.16. The van der Waals surface area contributed by atoms with Crippen LogP contribution in [0.15, 0.2) is 23.2 Å². The van der Waals surface area contributed by atoms with Gasteiger partial charge in [-0.3, -0.25) is 4.79 Å². The molecule has 2 N–H and O–H groups in total. The molecule has 0 aliphatic heterocycles. The normalized spacial score (nSPS) is 11.3. The summed E-state index contributed by atoms with van der Waals surface area (Å²) >= 11 is 5.53. The van der Waals surface area contributed by atoms with Gasteiger partial charge in [-0.05, 0) is 25.1 Å². The smallest absolute Gasteiger partial charge is 0.159 e. The molecule has 0 spiro atoms. The number of hydrogen-bond donors (Lipinski definition) is 1. The lowest BCUT2D eigenvalue weighted by atomic mass is 10.1. The SMILES string of the molecule is COc1cc(C(C)=O)ccc1N=C(N)CCl. The monoisotopic (exact) mass is 240 g/mol. The first-order valence-corrected chi connectivity index (χ1v) is 5.20. The zero-order chi connectivity index (χ0) is 12.1. The van der Waals surface area contributed by atoms with E-state index in [2.05, 4.69) is 4.99 Å². The third kappa shape index (κ3) is 2.97. The molecule has 5 heteroatoms. The number of benzene rings is 1. The summed E-state index contributed by atoms with van der Waals surface area (Å²) < 4.78 is 5.12. The molecular formula is C11H13ClN2O2. The van der Waals surface area contributed by atoms with Crippen LogP contribution >= 0.6 is 11.6 Å². The molecule has 86 valence electrons. The van der Waals surface area contributed by atoms with Gasteiger partial charge in [-0.2, -0.15) is 0 Å². The van der Waals surface area contributed by atoms with Crippen molar-refractivity contribution in [1.82, 2.24) is 0 Å². The van der Waals surface area contributed by atoms with E-state index in [0.29, 0.717) is 22.8 Å². The Bertz CT molecular complexity index is 430. The molecule has 0 heterocycles. The Morgan fingerprint density at radius 2 is 2.25 bits per heavy atom. The number of rotatable bonds is 4. The lowest BCUT2D eigenvalue weighted by Crippen LogP contribution is -2.12. The summed E-state index contributed by atoms with van der Waals surface area (Å²) in [5, 5.41) is 0. The summed E-state index contributed by atoms with van der Waals surface area (Å²) in [6, 6.07) is 4.98. The number of carbonyl (C=O) groups is 1. The Hall–Kier alpha value is -1.55. The number of nitrogens with two attached hydrogens (primary N) is 1. The van der Waals surface area contributed by atoms with Crippen molar-refractivity contribution in [2.45, 2.75) is 6.92 Å². The third-order valence-corrected chi connectivity index (χ3v) is 2.26. The van der Waals surface area contributed by atoms with Crippen molar-refractivity contribution in [3.05, 3.63) is 23.8 Å². The van der Waals surface area contributed by atoms with Crippen LogP contribution in [0.1, 0.15) is 17.3 Å². The van der Waals surface area contributed by atoms with Crippen molar-refractivity contribution in [1.29, 1.82) is 0 Å². The van der Waals surface area contributed by atoms with Gasteiger partial charge in [0.1, 0.15) is 17.3 Å². The average molecular weight is 241 g/mol. The number of nitrogens with zero attached hydrogens (tertiary/aromatic N) is 1. The molecule has 0 saturated heterocycles. The fraction of sp³-hybridized carbons (Fsp3) is 0.273. The number of halogens is 1. The van der Waals surface area contributed by atoms with E-state index in [1.54, 1.807) is 18.2 Å². The molecule has 1 aromatic rings.